The highest BCUT2D eigenvalue weighted by Crippen LogP contribution is 2.23. The van der Waals surface area contributed by atoms with Crippen LogP contribution in [0.15, 0.2) is 24.7 Å². The van der Waals surface area contributed by atoms with E-state index in [1.165, 1.54) is 12.3 Å². The van der Waals surface area contributed by atoms with Crippen LogP contribution < -0.4 is 5.32 Å². The molecule has 1 atom stereocenters. The molecule has 7 nitrogen and oxygen atoms in total. The fourth-order valence-electron chi connectivity index (χ4n) is 1.80. The van der Waals surface area contributed by atoms with E-state index in [9.17, 15) is 10.1 Å². The normalized spacial score (nSPS) is 12.1. The van der Waals surface area contributed by atoms with Crippen molar-refractivity contribution in [2.45, 2.75) is 26.3 Å². The highest BCUT2D eigenvalue weighted by molar-refractivity contribution is 5.49. The molecule has 100 valence electrons. The molecule has 1 unspecified atom stereocenters. The number of rotatable bonds is 5. The topological polar surface area (TPSA) is 96.7 Å². The molecule has 2 aromatic rings. The summed E-state index contributed by atoms with van der Waals surface area (Å²) in [6.45, 7) is 3.67. The van der Waals surface area contributed by atoms with Crippen molar-refractivity contribution in [3.05, 3.63) is 46.2 Å². The van der Waals surface area contributed by atoms with Crippen LogP contribution in [0.3, 0.4) is 0 Å². The molecule has 0 aliphatic heterocycles. The largest absolute Gasteiger partial charge is 0.360 e. The quantitative estimate of drug-likeness (QED) is 0.637. The first-order chi connectivity index (χ1) is 9.11. The van der Waals surface area contributed by atoms with Gasteiger partial charge in [0.25, 0.3) is 5.69 Å². The Bertz CT molecular complexity index is 568. The molecule has 19 heavy (non-hydrogen) atoms. The van der Waals surface area contributed by atoms with Gasteiger partial charge in [0.2, 0.25) is 0 Å². The second-order valence-corrected chi connectivity index (χ2v) is 4.19. The molecule has 0 bridgehead atoms. The lowest BCUT2D eigenvalue weighted by molar-refractivity contribution is -0.385. The van der Waals surface area contributed by atoms with Gasteiger partial charge in [0, 0.05) is 24.2 Å². The van der Waals surface area contributed by atoms with Gasteiger partial charge in [-0.1, -0.05) is 6.92 Å². The Morgan fingerprint density at radius 2 is 2.32 bits per heavy atom. The Labute approximate surface area is 110 Å². The van der Waals surface area contributed by atoms with E-state index in [-0.39, 0.29) is 11.7 Å². The predicted octanol–water partition coefficient (Wildman–Crippen LogP) is 2.58. The molecule has 7 heteroatoms. The SMILES string of the molecule is CCC(Nc1cc([N+](=O)[O-])c(C)cn1)c1ncc[nH]1. The van der Waals surface area contributed by atoms with E-state index in [4.69, 9.17) is 0 Å². The fourth-order valence-corrected chi connectivity index (χ4v) is 1.80. The van der Waals surface area contributed by atoms with Gasteiger partial charge in [0.1, 0.15) is 11.6 Å². The maximum absolute atomic E-state index is 10.9. The highest BCUT2D eigenvalue weighted by atomic mass is 16.6. The van der Waals surface area contributed by atoms with Crippen molar-refractivity contribution in [1.29, 1.82) is 0 Å². The van der Waals surface area contributed by atoms with E-state index < -0.39 is 4.92 Å². The first kappa shape index (κ1) is 13.0. The molecule has 0 spiro atoms. The number of pyridine rings is 1. The third kappa shape index (κ3) is 2.87. The molecular weight excluding hydrogens is 246 g/mol. The summed E-state index contributed by atoms with van der Waals surface area (Å²) in [5.74, 6) is 1.26. The summed E-state index contributed by atoms with van der Waals surface area (Å²) in [6, 6.07) is 1.39. The molecule has 2 N–H and O–H groups in total. The molecule has 2 heterocycles. The number of aromatic nitrogens is 3. The van der Waals surface area contributed by atoms with E-state index >= 15 is 0 Å². The van der Waals surface area contributed by atoms with Crippen LogP contribution >= 0.6 is 0 Å². The van der Waals surface area contributed by atoms with Crippen LogP contribution in [0.25, 0.3) is 0 Å². The van der Waals surface area contributed by atoms with Crippen molar-refractivity contribution in [2.75, 3.05) is 5.32 Å². The van der Waals surface area contributed by atoms with E-state index in [0.717, 1.165) is 12.2 Å². The number of imidazole rings is 1. The van der Waals surface area contributed by atoms with Crippen molar-refractivity contribution in [2.24, 2.45) is 0 Å². The highest BCUT2D eigenvalue weighted by Gasteiger charge is 2.16. The number of hydrogen-bond donors (Lipinski definition) is 2. The second kappa shape index (κ2) is 5.47. The van der Waals surface area contributed by atoms with Gasteiger partial charge in [-0.15, -0.1) is 0 Å². The Hall–Kier alpha value is -2.44. The van der Waals surface area contributed by atoms with Crippen LogP contribution in [-0.4, -0.2) is 19.9 Å². The van der Waals surface area contributed by atoms with Crippen LogP contribution in [0.5, 0.6) is 0 Å². The lowest BCUT2D eigenvalue weighted by Gasteiger charge is -2.15. The predicted molar refractivity (Wildman–Crippen MR) is 70.9 cm³/mol. The molecule has 0 aliphatic carbocycles. The molecule has 0 aliphatic rings. The maximum Gasteiger partial charge on any atom is 0.277 e. The van der Waals surface area contributed by atoms with Gasteiger partial charge in [0.05, 0.1) is 17.0 Å². The number of nitrogens with zero attached hydrogens (tertiary/aromatic N) is 3. The Morgan fingerprint density at radius 3 is 2.89 bits per heavy atom. The monoisotopic (exact) mass is 261 g/mol. The van der Waals surface area contributed by atoms with E-state index in [1.54, 1.807) is 19.3 Å². The summed E-state index contributed by atoms with van der Waals surface area (Å²) in [5, 5.41) is 14.0. The van der Waals surface area contributed by atoms with Crippen molar-refractivity contribution in [3.63, 3.8) is 0 Å². The number of aryl methyl sites for hydroxylation is 1. The third-order valence-electron chi connectivity index (χ3n) is 2.85. The summed E-state index contributed by atoms with van der Waals surface area (Å²) < 4.78 is 0. The molecule has 2 rings (SSSR count). The third-order valence-corrected chi connectivity index (χ3v) is 2.85. The summed E-state index contributed by atoms with van der Waals surface area (Å²) >= 11 is 0. The molecule has 0 radical (unpaired) electrons. The van der Waals surface area contributed by atoms with Gasteiger partial charge >= 0.3 is 0 Å². The van der Waals surface area contributed by atoms with Crippen LogP contribution in [0.1, 0.15) is 30.8 Å². The van der Waals surface area contributed by atoms with Crippen LogP contribution in [0, 0.1) is 17.0 Å². The first-order valence-corrected chi connectivity index (χ1v) is 5.98. The fraction of sp³-hybridized carbons (Fsp3) is 0.333. The number of H-pyrrole nitrogens is 1. The summed E-state index contributed by atoms with van der Waals surface area (Å²) in [7, 11) is 0. The molecule has 0 amide bonds. The summed E-state index contributed by atoms with van der Waals surface area (Å²) in [4.78, 5) is 21.8. The standard InChI is InChI=1S/C12H15N5O2/c1-3-9(12-13-4-5-14-12)16-11-6-10(17(18)19)8(2)7-15-11/h4-7,9H,3H2,1-2H3,(H,13,14)(H,15,16). The Kier molecular flexibility index (Phi) is 3.74. The minimum absolute atomic E-state index is 0.0511. The number of nitrogens with one attached hydrogen (secondary N) is 2. The zero-order valence-electron chi connectivity index (χ0n) is 10.8. The molecular formula is C12H15N5O2. The van der Waals surface area contributed by atoms with Crippen LogP contribution in [0.2, 0.25) is 0 Å². The lowest BCUT2D eigenvalue weighted by atomic mass is 10.2. The van der Waals surface area contributed by atoms with Gasteiger partial charge in [-0.05, 0) is 13.3 Å². The Morgan fingerprint density at radius 1 is 1.53 bits per heavy atom. The zero-order valence-corrected chi connectivity index (χ0v) is 10.8. The smallest absolute Gasteiger partial charge is 0.277 e. The van der Waals surface area contributed by atoms with E-state index in [1.807, 2.05) is 6.92 Å². The van der Waals surface area contributed by atoms with Crippen molar-refractivity contribution < 1.29 is 4.92 Å². The van der Waals surface area contributed by atoms with Gasteiger partial charge in [-0.2, -0.15) is 0 Å². The molecule has 2 aromatic heterocycles. The summed E-state index contributed by atoms with van der Waals surface area (Å²) in [6.07, 6.45) is 5.70. The number of anilines is 1. The van der Waals surface area contributed by atoms with E-state index in [2.05, 4.69) is 20.3 Å². The van der Waals surface area contributed by atoms with Crippen molar-refractivity contribution in [1.82, 2.24) is 15.0 Å². The minimum atomic E-state index is -0.407. The van der Waals surface area contributed by atoms with E-state index in [0.29, 0.717) is 11.4 Å². The van der Waals surface area contributed by atoms with Crippen molar-refractivity contribution in [3.8, 4) is 0 Å². The lowest BCUT2D eigenvalue weighted by Crippen LogP contribution is -2.12. The minimum Gasteiger partial charge on any atom is -0.360 e. The van der Waals surface area contributed by atoms with Gasteiger partial charge in [0.15, 0.2) is 0 Å². The number of aromatic amines is 1. The first-order valence-electron chi connectivity index (χ1n) is 5.98. The summed E-state index contributed by atoms with van der Waals surface area (Å²) in [5.41, 5.74) is 0.605. The van der Waals surface area contributed by atoms with Gasteiger partial charge in [-0.25, -0.2) is 9.97 Å². The van der Waals surface area contributed by atoms with Crippen LogP contribution in [0.4, 0.5) is 11.5 Å². The molecule has 0 fully saturated rings. The second-order valence-electron chi connectivity index (χ2n) is 4.19. The zero-order chi connectivity index (χ0) is 13.8. The van der Waals surface area contributed by atoms with Crippen molar-refractivity contribution >= 4 is 11.5 Å². The number of hydrogen-bond acceptors (Lipinski definition) is 5. The van der Waals surface area contributed by atoms with Gasteiger partial charge < -0.3 is 10.3 Å². The van der Waals surface area contributed by atoms with Gasteiger partial charge in [-0.3, -0.25) is 10.1 Å². The maximum atomic E-state index is 10.9. The molecule has 0 aromatic carbocycles. The Balaban J connectivity index is 2.23. The van der Waals surface area contributed by atoms with Crippen LogP contribution in [-0.2, 0) is 0 Å². The average molecular weight is 261 g/mol. The molecule has 0 saturated heterocycles. The average Bonchev–Trinajstić information content (AvgIpc) is 2.91. The number of nitro groups is 1. The molecule has 0 saturated carbocycles.